The molecule has 0 aromatic heterocycles. The summed E-state index contributed by atoms with van der Waals surface area (Å²) in [4.78, 5) is 10.9. The van der Waals surface area contributed by atoms with Gasteiger partial charge in [0.1, 0.15) is 5.78 Å². The van der Waals surface area contributed by atoms with Crippen LogP contribution >= 0.6 is 0 Å². The van der Waals surface area contributed by atoms with Crippen molar-refractivity contribution in [3.8, 4) is 0 Å². The van der Waals surface area contributed by atoms with E-state index in [-0.39, 0.29) is 11.7 Å². The highest BCUT2D eigenvalue weighted by Crippen LogP contribution is 2.13. The average molecular weight is 155 g/mol. The summed E-state index contributed by atoms with van der Waals surface area (Å²) in [6.07, 6.45) is 0. The number of rotatable bonds is 3. The van der Waals surface area contributed by atoms with Crippen LogP contribution in [0.5, 0.6) is 0 Å². The van der Waals surface area contributed by atoms with Crippen molar-refractivity contribution in [3.63, 3.8) is 0 Å². The third-order valence-electron chi connectivity index (χ3n) is 2.23. The molecular formula is C9H17NO. The zero-order chi connectivity index (χ0) is 9.02. The standard InChI is InChI=1S/C9H17NO/c1-6(8(3)10-5)7(2)9(4)11/h7,10H,1-5H3/b8-6+. The number of carbonyl (C=O) groups excluding carboxylic acids is 1. The van der Waals surface area contributed by atoms with Crippen LogP contribution in [-0.4, -0.2) is 12.8 Å². The maximum absolute atomic E-state index is 10.9. The van der Waals surface area contributed by atoms with Gasteiger partial charge in [-0.25, -0.2) is 0 Å². The molecule has 2 nitrogen and oxygen atoms in total. The predicted molar refractivity (Wildman–Crippen MR) is 47.3 cm³/mol. The number of Topliss-reactive ketones (excluding diaryl/α,β-unsaturated/α-hetero) is 1. The molecule has 2 heteroatoms. The monoisotopic (exact) mass is 155 g/mol. The van der Waals surface area contributed by atoms with Crippen LogP contribution in [0.1, 0.15) is 27.7 Å². The van der Waals surface area contributed by atoms with Gasteiger partial charge in [0.05, 0.1) is 0 Å². The number of hydrogen-bond donors (Lipinski definition) is 1. The fraction of sp³-hybridized carbons (Fsp3) is 0.667. The van der Waals surface area contributed by atoms with Crippen molar-refractivity contribution in [1.29, 1.82) is 0 Å². The summed E-state index contributed by atoms with van der Waals surface area (Å²) in [6.45, 7) is 7.52. The molecule has 0 aromatic rings. The first-order chi connectivity index (χ1) is 5.00. The first-order valence-corrected chi connectivity index (χ1v) is 3.86. The molecular weight excluding hydrogens is 138 g/mol. The molecule has 0 bridgehead atoms. The van der Waals surface area contributed by atoms with Crippen LogP contribution in [0.4, 0.5) is 0 Å². The molecule has 64 valence electrons. The van der Waals surface area contributed by atoms with Gasteiger partial charge >= 0.3 is 0 Å². The molecule has 11 heavy (non-hydrogen) atoms. The second-order valence-electron chi connectivity index (χ2n) is 2.89. The third-order valence-corrected chi connectivity index (χ3v) is 2.23. The molecule has 1 N–H and O–H groups in total. The van der Waals surface area contributed by atoms with Crippen LogP contribution in [0, 0.1) is 5.92 Å². The Morgan fingerprint density at radius 2 is 1.73 bits per heavy atom. The number of allylic oxidation sites excluding steroid dienone is 2. The zero-order valence-corrected chi connectivity index (χ0v) is 7.99. The lowest BCUT2D eigenvalue weighted by Crippen LogP contribution is -2.14. The van der Waals surface area contributed by atoms with Gasteiger partial charge in [-0.15, -0.1) is 0 Å². The van der Waals surface area contributed by atoms with E-state index in [0.717, 1.165) is 11.3 Å². The first-order valence-electron chi connectivity index (χ1n) is 3.86. The van der Waals surface area contributed by atoms with Gasteiger partial charge in [0.25, 0.3) is 0 Å². The van der Waals surface area contributed by atoms with Crippen LogP contribution in [-0.2, 0) is 4.79 Å². The van der Waals surface area contributed by atoms with Gasteiger partial charge in [0.2, 0.25) is 0 Å². The van der Waals surface area contributed by atoms with Crippen molar-refractivity contribution in [2.45, 2.75) is 27.7 Å². The summed E-state index contributed by atoms with van der Waals surface area (Å²) < 4.78 is 0. The average Bonchev–Trinajstić information content (AvgIpc) is 2.00. The zero-order valence-electron chi connectivity index (χ0n) is 7.99. The molecule has 0 rings (SSSR count). The number of carbonyl (C=O) groups is 1. The SMILES string of the molecule is CN/C(C)=C(\C)C(C)C(C)=O. The van der Waals surface area contributed by atoms with E-state index in [2.05, 4.69) is 5.32 Å². The Morgan fingerprint density at radius 1 is 1.27 bits per heavy atom. The maximum atomic E-state index is 10.9. The summed E-state index contributed by atoms with van der Waals surface area (Å²) in [7, 11) is 1.87. The van der Waals surface area contributed by atoms with Crippen molar-refractivity contribution in [3.05, 3.63) is 11.3 Å². The lowest BCUT2D eigenvalue weighted by atomic mass is 9.97. The Morgan fingerprint density at radius 3 is 2.00 bits per heavy atom. The van der Waals surface area contributed by atoms with E-state index in [0.29, 0.717) is 0 Å². The maximum Gasteiger partial charge on any atom is 0.136 e. The van der Waals surface area contributed by atoms with Gasteiger partial charge in [-0.05, 0) is 26.3 Å². The van der Waals surface area contributed by atoms with Gasteiger partial charge in [-0.2, -0.15) is 0 Å². The highest BCUT2D eigenvalue weighted by Gasteiger charge is 2.10. The van der Waals surface area contributed by atoms with E-state index in [9.17, 15) is 4.79 Å². The van der Waals surface area contributed by atoms with Crippen molar-refractivity contribution >= 4 is 5.78 Å². The molecule has 0 spiro atoms. The van der Waals surface area contributed by atoms with Crippen molar-refractivity contribution in [2.24, 2.45) is 5.92 Å². The highest BCUT2D eigenvalue weighted by atomic mass is 16.1. The Bertz CT molecular complexity index is 182. The van der Waals surface area contributed by atoms with E-state index < -0.39 is 0 Å². The molecule has 0 aliphatic heterocycles. The third kappa shape index (κ3) is 2.74. The lowest BCUT2D eigenvalue weighted by molar-refractivity contribution is -0.119. The topological polar surface area (TPSA) is 29.1 Å². The molecule has 0 aliphatic rings. The summed E-state index contributed by atoms with van der Waals surface area (Å²) in [5.41, 5.74) is 2.22. The van der Waals surface area contributed by atoms with Crippen molar-refractivity contribution in [1.82, 2.24) is 5.32 Å². The fourth-order valence-corrected chi connectivity index (χ4v) is 0.827. The van der Waals surface area contributed by atoms with Crippen LogP contribution in [0.3, 0.4) is 0 Å². The predicted octanol–water partition coefficient (Wildman–Crippen LogP) is 1.72. The second-order valence-corrected chi connectivity index (χ2v) is 2.89. The smallest absolute Gasteiger partial charge is 0.136 e. The van der Waals surface area contributed by atoms with E-state index in [1.165, 1.54) is 0 Å². The Kier molecular flexibility index (Phi) is 3.86. The largest absolute Gasteiger partial charge is 0.392 e. The number of hydrogen-bond acceptors (Lipinski definition) is 2. The van der Waals surface area contributed by atoms with E-state index >= 15 is 0 Å². The van der Waals surface area contributed by atoms with Crippen LogP contribution in [0.25, 0.3) is 0 Å². The van der Waals surface area contributed by atoms with Crippen LogP contribution in [0.15, 0.2) is 11.3 Å². The molecule has 1 atom stereocenters. The molecule has 1 unspecified atom stereocenters. The second kappa shape index (κ2) is 4.16. The van der Waals surface area contributed by atoms with Gasteiger partial charge in [0.15, 0.2) is 0 Å². The molecule has 0 aromatic carbocycles. The Balaban J connectivity index is 4.46. The minimum absolute atomic E-state index is 0.0439. The minimum atomic E-state index is 0.0439. The normalized spacial score (nSPS) is 15.4. The van der Waals surface area contributed by atoms with Gasteiger partial charge in [0, 0.05) is 18.7 Å². The van der Waals surface area contributed by atoms with Crippen LogP contribution < -0.4 is 5.32 Å². The molecule has 0 aliphatic carbocycles. The molecule has 0 amide bonds. The van der Waals surface area contributed by atoms with Gasteiger partial charge in [-0.3, -0.25) is 4.79 Å². The molecule has 0 saturated heterocycles. The van der Waals surface area contributed by atoms with Crippen molar-refractivity contribution in [2.75, 3.05) is 7.05 Å². The summed E-state index contributed by atoms with van der Waals surface area (Å²) in [6, 6.07) is 0. The van der Waals surface area contributed by atoms with E-state index in [1.807, 2.05) is 27.8 Å². The lowest BCUT2D eigenvalue weighted by Gasteiger charge is -2.11. The summed E-state index contributed by atoms with van der Waals surface area (Å²) in [5, 5.41) is 3.03. The summed E-state index contributed by atoms with van der Waals surface area (Å²) >= 11 is 0. The van der Waals surface area contributed by atoms with Crippen molar-refractivity contribution < 1.29 is 4.79 Å². The summed E-state index contributed by atoms with van der Waals surface area (Å²) in [5.74, 6) is 0.263. The highest BCUT2D eigenvalue weighted by molar-refractivity contribution is 5.80. The molecule has 0 saturated carbocycles. The first kappa shape index (κ1) is 10.2. The Labute approximate surface area is 68.7 Å². The van der Waals surface area contributed by atoms with Gasteiger partial charge < -0.3 is 5.32 Å². The van der Waals surface area contributed by atoms with Gasteiger partial charge in [-0.1, -0.05) is 6.92 Å². The Hall–Kier alpha value is -0.790. The minimum Gasteiger partial charge on any atom is -0.392 e. The van der Waals surface area contributed by atoms with Crippen LogP contribution in [0.2, 0.25) is 0 Å². The molecule has 0 fully saturated rings. The quantitative estimate of drug-likeness (QED) is 0.672. The van der Waals surface area contributed by atoms with E-state index in [1.54, 1.807) is 6.92 Å². The molecule has 0 radical (unpaired) electrons. The van der Waals surface area contributed by atoms with E-state index in [4.69, 9.17) is 0 Å². The number of nitrogens with one attached hydrogen (secondary N) is 1. The molecule has 0 heterocycles. The number of ketones is 1. The fourth-order valence-electron chi connectivity index (χ4n) is 0.827.